The van der Waals surface area contributed by atoms with E-state index in [1.165, 1.54) is 32.0 Å². The predicted octanol–water partition coefficient (Wildman–Crippen LogP) is 2.58. The van der Waals surface area contributed by atoms with E-state index < -0.39 is 8.96 Å². The van der Waals surface area contributed by atoms with Crippen molar-refractivity contribution >= 4 is 8.96 Å². The average molecular weight is 185 g/mol. The maximum absolute atomic E-state index is 3.94. The summed E-state index contributed by atoms with van der Waals surface area (Å²) in [5.74, 6) is 0. The lowest BCUT2D eigenvalue weighted by Crippen LogP contribution is -2.38. The van der Waals surface area contributed by atoms with Crippen molar-refractivity contribution in [3.05, 3.63) is 12.3 Å². The van der Waals surface area contributed by atoms with Crippen LogP contribution in [0.15, 0.2) is 12.3 Å². The van der Waals surface area contributed by atoms with E-state index >= 15 is 0 Å². The zero-order valence-corrected chi connectivity index (χ0v) is 10.00. The second-order valence-corrected chi connectivity index (χ2v) is 6.40. The highest BCUT2D eigenvalue weighted by atomic mass is 28.3. The van der Waals surface area contributed by atoms with Gasteiger partial charge in [0, 0.05) is 0 Å². The molecule has 0 aromatic rings. The van der Waals surface area contributed by atoms with Crippen LogP contribution in [0.25, 0.3) is 0 Å². The number of hydrogen-bond donors (Lipinski definition) is 0. The van der Waals surface area contributed by atoms with Crippen LogP contribution >= 0.6 is 0 Å². The van der Waals surface area contributed by atoms with E-state index in [4.69, 9.17) is 0 Å². The topological polar surface area (TPSA) is 3.24 Å². The van der Waals surface area contributed by atoms with Gasteiger partial charge >= 0.3 is 0 Å². The minimum Gasteiger partial charge on any atom is -0.323 e. The third-order valence-corrected chi connectivity index (χ3v) is 5.02. The molecule has 0 N–H and O–H groups in total. The summed E-state index contributed by atoms with van der Waals surface area (Å²) in [6, 6.07) is 1.32. The van der Waals surface area contributed by atoms with Crippen molar-refractivity contribution < 1.29 is 0 Å². The molecule has 12 heavy (non-hydrogen) atoms. The van der Waals surface area contributed by atoms with E-state index in [-0.39, 0.29) is 0 Å². The molecular formula is C10H23NSi. The highest BCUT2D eigenvalue weighted by molar-refractivity contribution is 6.61. The van der Waals surface area contributed by atoms with Gasteiger partial charge in [-0.15, -0.1) is 6.58 Å². The van der Waals surface area contributed by atoms with Crippen LogP contribution < -0.4 is 0 Å². The lowest BCUT2D eigenvalue weighted by molar-refractivity contribution is 0.432. The fourth-order valence-corrected chi connectivity index (χ4v) is 3.92. The Morgan fingerprint density at radius 1 is 1.17 bits per heavy atom. The zero-order valence-electron chi connectivity index (χ0n) is 8.84. The van der Waals surface area contributed by atoms with Crippen LogP contribution in [0.2, 0.25) is 6.04 Å². The van der Waals surface area contributed by atoms with Crippen molar-refractivity contribution in [1.29, 1.82) is 0 Å². The van der Waals surface area contributed by atoms with Crippen molar-refractivity contribution in [2.75, 3.05) is 13.1 Å². The van der Waals surface area contributed by atoms with Crippen LogP contribution in [0.4, 0.5) is 0 Å². The van der Waals surface area contributed by atoms with Crippen LogP contribution in [0.1, 0.15) is 33.6 Å². The maximum atomic E-state index is 3.94. The highest BCUT2D eigenvalue weighted by Gasteiger charge is 2.12. The van der Waals surface area contributed by atoms with Gasteiger partial charge in [0.25, 0.3) is 0 Å². The Morgan fingerprint density at radius 3 is 1.92 bits per heavy atom. The van der Waals surface area contributed by atoms with Crippen molar-refractivity contribution in [3.8, 4) is 0 Å². The molecule has 0 fully saturated rings. The Hall–Kier alpha value is -0.0831. The monoisotopic (exact) mass is 185 g/mol. The van der Waals surface area contributed by atoms with E-state index in [2.05, 4.69) is 37.6 Å². The van der Waals surface area contributed by atoms with Gasteiger partial charge in [-0.25, -0.2) is 0 Å². The van der Waals surface area contributed by atoms with E-state index in [0.29, 0.717) is 0 Å². The Labute approximate surface area is 79.2 Å². The molecule has 0 aliphatic carbocycles. The summed E-state index contributed by atoms with van der Waals surface area (Å²) >= 11 is 0. The van der Waals surface area contributed by atoms with E-state index in [0.717, 1.165) is 0 Å². The van der Waals surface area contributed by atoms with Crippen LogP contribution in [0.5, 0.6) is 0 Å². The van der Waals surface area contributed by atoms with Gasteiger partial charge in [0.15, 0.2) is 0 Å². The van der Waals surface area contributed by atoms with Crippen LogP contribution in [-0.2, 0) is 0 Å². The number of rotatable bonds is 7. The Morgan fingerprint density at radius 2 is 1.67 bits per heavy atom. The SMILES string of the molecule is C=C[SiH](CC)N(CCC)CCC. The molecule has 1 atom stereocenters. The van der Waals surface area contributed by atoms with Gasteiger partial charge in [-0.2, -0.15) is 0 Å². The highest BCUT2D eigenvalue weighted by Crippen LogP contribution is 2.03. The molecule has 1 unspecified atom stereocenters. The maximum Gasteiger partial charge on any atom is 0.135 e. The van der Waals surface area contributed by atoms with Crippen molar-refractivity contribution in [2.45, 2.75) is 39.7 Å². The predicted molar refractivity (Wildman–Crippen MR) is 60.0 cm³/mol. The van der Waals surface area contributed by atoms with Gasteiger partial charge in [0.1, 0.15) is 8.96 Å². The van der Waals surface area contributed by atoms with Gasteiger partial charge in [-0.05, 0) is 32.0 Å². The van der Waals surface area contributed by atoms with E-state index in [9.17, 15) is 0 Å². The molecule has 0 aromatic heterocycles. The lowest BCUT2D eigenvalue weighted by atomic mass is 10.4. The Kier molecular flexibility index (Phi) is 7.51. The molecule has 1 nitrogen and oxygen atoms in total. The normalized spacial score (nSPS) is 13.3. The first-order valence-electron chi connectivity index (χ1n) is 5.16. The van der Waals surface area contributed by atoms with Crippen LogP contribution in [-0.4, -0.2) is 26.6 Å². The molecule has 0 radical (unpaired) electrons. The quantitative estimate of drug-likeness (QED) is 0.551. The molecule has 0 aliphatic rings. The molecular weight excluding hydrogens is 162 g/mol. The van der Waals surface area contributed by atoms with Crippen LogP contribution in [0, 0.1) is 0 Å². The Balaban J connectivity index is 3.94. The molecule has 0 amide bonds. The molecule has 0 bridgehead atoms. The van der Waals surface area contributed by atoms with Gasteiger partial charge in [0.05, 0.1) is 0 Å². The van der Waals surface area contributed by atoms with Crippen LogP contribution in [0.3, 0.4) is 0 Å². The van der Waals surface area contributed by atoms with Crippen molar-refractivity contribution in [1.82, 2.24) is 4.57 Å². The second kappa shape index (κ2) is 7.56. The third kappa shape index (κ3) is 4.07. The molecule has 0 heterocycles. The summed E-state index contributed by atoms with van der Waals surface area (Å²) in [5.41, 5.74) is 2.21. The molecule has 0 aromatic carbocycles. The first-order valence-corrected chi connectivity index (χ1v) is 7.16. The molecule has 2 heteroatoms. The first kappa shape index (κ1) is 11.9. The minimum absolute atomic E-state index is 0.745. The number of nitrogens with zero attached hydrogens (tertiary/aromatic N) is 1. The summed E-state index contributed by atoms with van der Waals surface area (Å²) in [6.45, 7) is 13.3. The van der Waals surface area contributed by atoms with Crippen molar-refractivity contribution in [3.63, 3.8) is 0 Å². The zero-order chi connectivity index (χ0) is 9.40. The molecule has 0 saturated heterocycles. The summed E-state index contributed by atoms with van der Waals surface area (Å²) in [4.78, 5) is 0. The molecule has 0 spiro atoms. The second-order valence-electron chi connectivity index (χ2n) is 3.25. The fourth-order valence-electron chi connectivity index (χ4n) is 1.59. The standard InChI is InChI=1S/C10H23NSi/c1-5-9-11(10-6-2)12(7-3)8-4/h7,12H,3,5-6,8-10H2,1-2,4H3. The van der Waals surface area contributed by atoms with Gasteiger partial charge in [0.2, 0.25) is 0 Å². The minimum atomic E-state index is -0.745. The number of hydrogen-bond acceptors (Lipinski definition) is 1. The van der Waals surface area contributed by atoms with Crippen molar-refractivity contribution in [2.24, 2.45) is 0 Å². The molecule has 0 aliphatic heterocycles. The van der Waals surface area contributed by atoms with Gasteiger partial charge < -0.3 is 4.57 Å². The molecule has 0 saturated carbocycles. The molecule has 0 rings (SSSR count). The summed E-state index contributed by atoms with van der Waals surface area (Å²) in [6.07, 6.45) is 2.55. The summed E-state index contributed by atoms with van der Waals surface area (Å²) in [5, 5.41) is 0. The Bertz CT molecular complexity index is 108. The lowest BCUT2D eigenvalue weighted by Gasteiger charge is -2.26. The summed E-state index contributed by atoms with van der Waals surface area (Å²) in [7, 11) is -0.745. The third-order valence-electron chi connectivity index (χ3n) is 2.18. The summed E-state index contributed by atoms with van der Waals surface area (Å²) < 4.78 is 2.66. The largest absolute Gasteiger partial charge is 0.323 e. The van der Waals surface area contributed by atoms with E-state index in [1.807, 2.05) is 0 Å². The average Bonchev–Trinajstić information content (AvgIpc) is 2.07. The van der Waals surface area contributed by atoms with Gasteiger partial charge in [-0.1, -0.05) is 26.5 Å². The van der Waals surface area contributed by atoms with E-state index in [1.54, 1.807) is 0 Å². The fraction of sp³-hybridized carbons (Fsp3) is 0.800. The van der Waals surface area contributed by atoms with Gasteiger partial charge in [-0.3, -0.25) is 0 Å². The molecule has 72 valence electrons. The first-order chi connectivity index (χ1) is 5.79. The smallest absolute Gasteiger partial charge is 0.135 e.